The van der Waals surface area contributed by atoms with Crippen LogP contribution in [0.5, 0.6) is 0 Å². The van der Waals surface area contributed by atoms with E-state index >= 15 is 0 Å². The predicted octanol–water partition coefficient (Wildman–Crippen LogP) is 5.75. The van der Waals surface area contributed by atoms with Crippen LogP contribution in [-0.2, 0) is 25.6 Å². The number of imide groups is 1. The second-order valence-electron chi connectivity index (χ2n) is 9.73. The van der Waals surface area contributed by atoms with Gasteiger partial charge in [0.25, 0.3) is 10.0 Å². The molecule has 5 aromatic rings. The molecule has 10 nitrogen and oxygen atoms in total. The zero-order valence-electron chi connectivity index (χ0n) is 23.1. The number of carbonyl (C=O) groups excluding carboxylic acids is 2. The van der Waals surface area contributed by atoms with Crippen molar-refractivity contribution in [3.05, 3.63) is 132 Å². The summed E-state index contributed by atoms with van der Waals surface area (Å²) >= 11 is 0. The van der Waals surface area contributed by atoms with Gasteiger partial charge in [-0.15, -0.1) is 0 Å². The van der Waals surface area contributed by atoms with Crippen LogP contribution in [-0.4, -0.2) is 28.6 Å². The van der Waals surface area contributed by atoms with Crippen LogP contribution in [0.25, 0.3) is 0 Å². The number of carbonyl (C=O) groups is 2. The highest BCUT2D eigenvalue weighted by atomic mass is 32.2. The molecule has 3 aromatic carbocycles. The smallest absolute Gasteiger partial charge is 0.301 e. The molecule has 0 radical (unpaired) electrons. The number of hydrogen-bond donors (Lipinski definition) is 1. The molecule has 0 aliphatic heterocycles. The SMILES string of the molecule is Cc1ccc(S(=O)(=O)Cc2cc(N(C(=O)c3ccco3)C(=O)c3ccco3)ccc2NS(=O)(=O)c2ccc(C)cc2)cc1. The number of sulfone groups is 1. The number of aryl methyl sites for hydroxylation is 2. The summed E-state index contributed by atoms with van der Waals surface area (Å²) in [5.41, 5.74) is 1.64. The Morgan fingerprint density at radius 2 is 1.21 bits per heavy atom. The summed E-state index contributed by atoms with van der Waals surface area (Å²) in [5.74, 6) is -2.64. The predicted molar refractivity (Wildman–Crippen MR) is 159 cm³/mol. The molecule has 0 saturated carbocycles. The largest absolute Gasteiger partial charge is 0.459 e. The maximum atomic E-state index is 13.5. The van der Waals surface area contributed by atoms with E-state index in [4.69, 9.17) is 8.83 Å². The summed E-state index contributed by atoms with van der Waals surface area (Å²) in [4.78, 5) is 27.7. The second kappa shape index (κ2) is 11.7. The van der Waals surface area contributed by atoms with Crippen molar-refractivity contribution >= 4 is 43.0 Å². The van der Waals surface area contributed by atoms with Crippen molar-refractivity contribution in [3.63, 3.8) is 0 Å². The van der Waals surface area contributed by atoms with E-state index < -0.39 is 37.4 Å². The summed E-state index contributed by atoms with van der Waals surface area (Å²) in [7, 11) is -8.15. The Balaban J connectivity index is 1.62. The third-order valence-corrected chi connectivity index (χ3v) is 9.58. The lowest BCUT2D eigenvalue weighted by Gasteiger charge is -2.21. The third-order valence-electron chi connectivity index (χ3n) is 6.52. The molecule has 0 fully saturated rings. The Morgan fingerprint density at radius 1 is 0.698 bits per heavy atom. The van der Waals surface area contributed by atoms with Crippen molar-refractivity contribution in [2.45, 2.75) is 29.4 Å². The molecule has 0 spiro atoms. The van der Waals surface area contributed by atoms with E-state index in [2.05, 4.69) is 4.72 Å². The van der Waals surface area contributed by atoms with E-state index in [-0.39, 0.29) is 38.2 Å². The maximum absolute atomic E-state index is 13.5. The van der Waals surface area contributed by atoms with Gasteiger partial charge in [0.05, 0.1) is 39.4 Å². The van der Waals surface area contributed by atoms with Crippen LogP contribution in [0.2, 0.25) is 0 Å². The van der Waals surface area contributed by atoms with E-state index in [1.807, 2.05) is 13.8 Å². The molecular weight excluding hydrogens is 592 g/mol. The van der Waals surface area contributed by atoms with Gasteiger partial charge in [-0.1, -0.05) is 35.4 Å². The van der Waals surface area contributed by atoms with Crippen LogP contribution < -0.4 is 9.62 Å². The molecule has 43 heavy (non-hydrogen) atoms. The monoisotopic (exact) mass is 618 g/mol. The van der Waals surface area contributed by atoms with Gasteiger partial charge in [0.2, 0.25) is 0 Å². The molecule has 12 heteroatoms. The van der Waals surface area contributed by atoms with Crippen molar-refractivity contribution in [2.24, 2.45) is 0 Å². The van der Waals surface area contributed by atoms with Crippen LogP contribution in [0.4, 0.5) is 11.4 Å². The lowest BCUT2D eigenvalue weighted by atomic mass is 10.1. The minimum absolute atomic E-state index is 0.00162. The number of benzene rings is 3. The van der Waals surface area contributed by atoms with E-state index in [1.54, 1.807) is 24.3 Å². The van der Waals surface area contributed by atoms with Crippen molar-refractivity contribution in [1.82, 2.24) is 0 Å². The molecule has 2 heterocycles. The number of nitrogens with zero attached hydrogens (tertiary/aromatic N) is 1. The van der Waals surface area contributed by atoms with E-state index in [0.717, 1.165) is 16.0 Å². The molecule has 0 bridgehead atoms. The molecule has 0 aliphatic rings. The average Bonchev–Trinajstić information content (AvgIpc) is 3.70. The average molecular weight is 619 g/mol. The van der Waals surface area contributed by atoms with Gasteiger partial charge >= 0.3 is 11.8 Å². The van der Waals surface area contributed by atoms with Crippen molar-refractivity contribution < 1.29 is 35.3 Å². The quantitative estimate of drug-likeness (QED) is 0.206. The lowest BCUT2D eigenvalue weighted by molar-refractivity contribution is 0.0867. The van der Waals surface area contributed by atoms with Gasteiger partial charge in [0.1, 0.15) is 0 Å². The van der Waals surface area contributed by atoms with Gasteiger partial charge in [0.15, 0.2) is 21.4 Å². The van der Waals surface area contributed by atoms with Crippen molar-refractivity contribution in [3.8, 4) is 0 Å². The first kappa shape index (κ1) is 29.5. The minimum atomic E-state index is -4.14. The van der Waals surface area contributed by atoms with Crippen LogP contribution in [0, 0.1) is 13.8 Å². The van der Waals surface area contributed by atoms with Gasteiger partial charge in [-0.2, -0.15) is 0 Å². The second-order valence-corrected chi connectivity index (χ2v) is 13.4. The Kier molecular flexibility index (Phi) is 8.07. The van der Waals surface area contributed by atoms with Gasteiger partial charge < -0.3 is 8.83 Å². The van der Waals surface area contributed by atoms with Gasteiger partial charge in [0, 0.05) is 0 Å². The normalized spacial score (nSPS) is 11.7. The van der Waals surface area contributed by atoms with E-state index in [9.17, 15) is 26.4 Å². The minimum Gasteiger partial charge on any atom is -0.459 e. The first-order valence-electron chi connectivity index (χ1n) is 12.9. The van der Waals surface area contributed by atoms with Crippen LogP contribution in [0.1, 0.15) is 37.8 Å². The Morgan fingerprint density at radius 3 is 1.70 bits per heavy atom. The standard InChI is InChI=1S/C31H26N2O8S2/c1-21-7-12-25(13-8-21)42(36,37)20-23-19-24(11-16-27(23)32-43(38,39)26-14-9-22(2)10-15-26)33(30(34)28-5-3-17-40-28)31(35)29-6-4-18-41-29/h3-19,32H,20H2,1-2H3. The zero-order chi connectivity index (χ0) is 30.8. The molecule has 220 valence electrons. The molecule has 0 unspecified atom stereocenters. The summed E-state index contributed by atoms with van der Waals surface area (Å²) in [5, 5.41) is 0. The molecule has 1 N–H and O–H groups in total. The molecule has 2 amide bonds. The molecule has 0 saturated heterocycles. The molecular formula is C31H26N2O8S2. The van der Waals surface area contributed by atoms with E-state index in [1.165, 1.54) is 79.3 Å². The lowest BCUT2D eigenvalue weighted by Crippen LogP contribution is -2.37. The van der Waals surface area contributed by atoms with Gasteiger partial charge in [-0.25, -0.2) is 21.7 Å². The number of sulfonamides is 1. The fourth-order valence-corrected chi connectivity index (χ4v) is 6.71. The number of anilines is 2. The zero-order valence-corrected chi connectivity index (χ0v) is 24.7. The van der Waals surface area contributed by atoms with Crippen molar-refractivity contribution in [1.29, 1.82) is 0 Å². The highest BCUT2D eigenvalue weighted by Gasteiger charge is 2.31. The first-order valence-corrected chi connectivity index (χ1v) is 16.1. The number of nitrogens with one attached hydrogen (secondary N) is 1. The van der Waals surface area contributed by atoms with Crippen LogP contribution in [0.3, 0.4) is 0 Å². The molecule has 5 rings (SSSR count). The highest BCUT2D eigenvalue weighted by molar-refractivity contribution is 7.92. The van der Waals surface area contributed by atoms with Gasteiger partial charge in [-0.3, -0.25) is 14.3 Å². The molecule has 0 atom stereocenters. The Hall–Kier alpha value is -4.94. The summed E-state index contributed by atoms with van der Waals surface area (Å²) in [6, 6.07) is 22.0. The topological polar surface area (TPSA) is 144 Å². The fraction of sp³-hybridized carbons (Fsp3) is 0.0968. The number of hydrogen-bond acceptors (Lipinski definition) is 8. The summed E-state index contributed by atoms with van der Waals surface area (Å²) < 4.78 is 66.5. The van der Waals surface area contributed by atoms with Crippen LogP contribution in [0.15, 0.2) is 122 Å². The third kappa shape index (κ3) is 6.45. The highest BCUT2D eigenvalue weighted by Crippen LogP contribution is 2.31. The number of amides is 2. The summed E-state index contributed by atoms with van der Waals surface area (Å²) in [6.07, 6.45) is 2.54. The number of rotatable bonds is 9. The first-order chi connectivity index (χ1) is 20.4. The van der Waals surface area contributed by atoms with E-state index in [0.29, 0.717) is 0 Å². The number of furan rings is 2. The fourth-order valence-electron chi connectivity index (χ4n) is 4.24. The van der Waals surface area contributed by atoms with Crippen LogP contribution >= 0.6 is 0 Å². The molecule has 2 aromatic heterocycles. The van der Waals surface area contributed by atoms with Crippen molar-refractivity contribution in [2.75, 3.05) is 9.62 Å². The molecule has 0 aliphatic carbocycles. The van der Waals surface area contributed by atoms with Gasteiger partial charge in [-0.05, 0) is 86.1 Å². The Bertz CT molecular complexity index is 1930. The Labute approximate surface area is 248 Å². The maximum Gasteiger partial charge on any atom is 0.301 e. The summed E-state index contributed by atoms with van der Waals surface area (Å²) in [6.45, 7) is 3.63.